The van der Waals surface area contributed by atoms with Gasteiger partial charge in [0.1, 0.15) is 5.15 Å². The molecule has 0 amide bonds. The van der Waals surface area contributed by atoms with Crippen molar-refractivity contribution in [3.05, 3.63) is 64.9 Å². The molecule has 1 N–H and O–H groups in total. The van der Waals surface area contributed by atoms with Crippen LogP contribution in [0.4, 0.5) is 0 Å². The number of halogens is 1. The Hall–Kier alpha value is -2.39. The summed E-state index contributed by atoms with van der Waals surface area (Å²) in [6.45, 7) is 2.05. The number of aryl methyl sites for hydroxylation is 1. The molecule has 0 aliphatic carbocycles. The Morgan fingerprint density at radius 3 is 2.57 bits per heavy atom. The molecule has 0 aliphatic rings. The summed E-state index contributed by atoms with van der Waals surface area (Å²) in [5, 5.41) is 11.4. The summed E-state index contributed by atoms with van der Waals surface area (Å²) < 4.78 is 0. The fourth-order valence-electron chi connectivity index (χ4n) is 2.45. The first-order valence-electron chi connectivity index (χ1n) is 6.45. The first kappa shape index (κ1) is 13.6. The molecule has 0 saturated heterocycles. The molecule has 0 spiro atoms. The van der Waals surface area contributed by atoms with Crippen LogP contribution in [0.1, 0.15) is 15.9 Å². The van der Waals surface area contributed by atoms with Crippen molar-refractivity contribution in [3.63, 3.8) is 0 Å². The van der Waals surface area contributed by atoms with Crippen molar-refractivity contribution >= 4 is 28.3 Å². The van der Waals surface area contributed by atoms with Crippen molar-refractivity contribution in [3.8, 4) is 11.1 Å². The Kier molecular flexibility index (Phi) is 3.35. The van der Waals surface area contributed by atoms with Crippen LogP contribution >= 0.6 is 11.6 Å². The van der Waals surface area contributed by atoms with Crippen LogP contribution in [0.25, 0.3) is 21.9 Å². The Balaban J connectivity index is 2.29. The van der Waals surface area contributed by atoms with E-state index in [9.17, 15) is 4.79 Å². The van der Waals surface area contributed by atoms with Gasteiger partial charge in [-0.3, -0.25) is 0 Å². The minimum Gasteiger partial charge on any atom is -0.478 e. The number of benzene rings is 2. The van der Waals surface area contributed by atoms with E-state index in [1.165, 1.54) is 5.56 Å². The van der Waals surface area contributed by atoms with E-state index in [1.807, 2.05) is 30.3 Å². The molecule has 3 nitrogen and oxygen atoms in total. The number of aromatic carboxylic acids is 1. The predicted octanol–water partition coefficient (Wildman–Crippen LogP) is 4.56. The average molecular weight is 298 g/mol. The van der Waals surface area contributed by atoms with Crippen molar-refractivity contribution in [2.75, 3.05) is 0 Å². The molecule has 21 heavy (non-hydrogen) atoms. The van der Waals surface area contributed by atoms with Gasteiger partial charge in [-0.05, 0) is 34.9 Å². The Morgan fingerprint density at radius 2 is 1.86 bits per heavy atom. The molecule has 0 radical (unpaired) electrons. The number of carboxylic acid groups (broad SMARTS) is 1. The van der Waals surface area contributed by atoms with E-state index in [2.05, 4.69) is 18.0 Å². The number of hydrogen-bond donors (Lipinski definition) is 1. The van der Waals surface area contributed by atoms with Crippen molar-refractivity contribution in [1.29, 1.82) is 0 Å². The highest BCUT2D eigenvalue weighted by molar-refractivity contribution is 6.32. The van der Waals surface area contributed by atoms with Crippen LogP contribution in [0, 0.1) is 6.92 Å². The number of nitrogens with zero attached hydrogens (tertiary/aromatic N) is 1. The fraction of sp³-hybridized carbons (Fsp3) is 0.0588. The summed E-state index contributed by atoms with van der Waals surface area (Å²) in [5.41, 5.74) is 2.88. The lowest BCUT2D eigenvalue weighted by molar-refractivity contribution is 0.0696. The van der Waals surface area contributed by atoms with Crippen LogP contribution < -0.4 is 0 Å². The van der Waals surface area contributed by atoms with Gasteiger partial charge in [0.2, 0.25) is 0 Å². The molecule has 104 valence electrons. The van der Waals surface area contributed by atoms with Crippen molar-refractivity contribution < 1.29 is 9.90 Å². The Morgan fingerprint density at radius 1 is 1.14 bits per heavy atom. The summed E-state index contributed by atoms with van der Waals surface area (Å²) >= 11 is 5.83. The molecule has 2 aromatic carbocycles. The molecule has 1 heterocycles. The third-order valence-corrected chi connectivity index (χ3v) is 3.82. The number of fused-ring (bicyclic) bond motifs is 1. The fourth-order valence-corrected chi connectivity index (χ4v) is 2.63. The Bertz CT molecular complexity index is 859. The third-order valence-electron chi connectivity index (χ3n) is 3.52. The molecule has 0 bridgehead atoms. The lowest BCUT2D eigenvalue weighted by Crippen LogP contribution is -1.99. The molecule has 0 aliphatic heterocycles. The molecule has 3 aromatic rings. The first-order valence-corrected chi connectivity index (χ1v) is 6.83. The zero-order valence-corrected chi connectivity index (χ0v) is 12.1. The SMILES string of the molecule is Cc1ccc(-c2cnc(Cl)c(C(=O)O)c2)c2ccccc12. The van der Waals surface area contributed by atoms with Crippen LogP contribution in [0.5, 0.6) is 0 Å². The van der Waals surface area contributed by atoms with E-state index in [0.29, 0.717) is 0 Å². The van der Waals surface area contributed by atoms with Gasteiger partial charge in [0.25, 0.3) is 0 Å². The predicted molar refractivity (Wildman–Crippen MR) is 83.9 cm³/mol. The topological polar surface area (TPSA) is 50.2 Å². The smallest absolute Gasteiger partial charge is 0.338 e. The molecular formula is C17H12ClNO2. The maximum Gasteiger partial charge on any atom is 0.338 e. The normalized spacial score (nSPS) is 10.8. The second-order valence-electron chi connectivity index (χ2n) is 4.84. The number of aromatic nitrogens is 1. The highest BCUT2D eigenvalue weighted by Crippen LogP contribution is 2.31. The second kappa shape index (κ2) is 5.19. The summed E-state index contributed by atoms with van der Waals surface area (Å²) in [4.78, 5) is 15.2. The summed E-state index contributed by atoms with van der Waals surface area (Å²) in [7, 11) is 0. The van der Waals surface area contributed by atoms with E-state index in [0.717, 1.165) is 21.9 Å². The molecule has 0 atom stereocenters. The third kappa shape index (κ3) is 2.36. The zero-order chi connectivity index (χ0) is 15.0. The molecular weight excluding hydrogens is 286 g/mol. The van der Waals surface area contributed by atoms with E-state index >= 15 is 0 Å². The van der Waals surface area contributed by atoms with Crippen molar-refractivity contribution in [2.24, 2.45) is 0 Å². The summed E-state index contributed by atoms with van der Waals surface area (Å²) in [6, 6.07) is 13.6. The Labute approximate surface area is 126 Å². The number of hydrogen-bond acceptors (Lipinski definition) is 2. The highest BCUT2D eigenvalue weighted by Gasteiger charge is 2.13. The molecule has 0 unspecified atom stereocenters. The van der Waals surface area contributed by atoms with Crippen molar-refractivity contribution in [1.82, 2.24) is 4.98 Å². The second-order valence-corrected chi connectivity index (χ2v) is 5.20. The molecule has 1 aromatic heterocycles. The van der Waals surface area contributed by atoms with Crippen molar-refractivity contribution in [2.45, 2.75) is 6.92 Å². The summed E-state index contributed by atoms with van der Waals surface area (Å²) in [5.74, 6) is -1.08. The van der Waals surface area contributed by atoms with Gasteiger partial charge >= 0.3 is 5.97 Å². The molecule has 4 heteroatoms. The van der Waals surface area contributed by atoms with Gasteiger partial charge < -0.3 is 5.11 Å². The monoisotopic (exact) mass is 297 g/mol. The lowest BCUT2D eigenvalue weighted by atomic mass is 9.96. The van der Waals surface area contributed by atoms with Gasteiger partial charge in [0, 0.05) is 11.8 Å². The van der Waals surface area contributed by atoms with Crippen LogP contribution in [0.15, 0.2) is 48.7 Å². The van der Waals surface area contributed by atoms with Gasteiger partial charge in [-0.25, -0.2) is 9.78 Å². The van der Waals surface area contributed by atoms with Gasteiger partial charge in [-0.15, -0.1) is 0 Å². The quantitative estimate of drug-likeness (QED) is 0.705. The first-order chi connectivity index (χ1) is 10.1. The van der Waals surface area contributed by atoms with Gasteiger partial charge in [-0.1, -0.05) is 48.0 Å². The maximum absolute atomic E-state index is 11.2. The molecule has 0 fully saturated rings. The lowest BCUT2D eigenvalue weighted by Gasteiger charge is -2.10. The number of carboxylic acids is 1. The summed E-state index contributed by atoms with van der Waals surface area (Å²) in [6.07, 6.45) is 1.60. The standard InChI is InChI=1S/C17H12ClNO2/c1-10-6-7-13(14-5-3-2-4-12(10)14)11-8-15(17(20)21)16(18)19-9-11/h2-9H,1H3,(H,20,21). The van der Waals surface area contributed by atoms with Crippen LogP contribution in [0.3, 0.4) is 0 Å². The average Bonchev–Trinajstić information content (AvgIpc) is 2.48. The number of pyridine rings is 1. The van der Waals surface area contributed by atoms with E-state index in [4.69, 9.17) is 16.7 Å². The molecule has 3 rings (SSSR count). The molecule has 0 saturated carbocycles. The number of carbonyl (C=O) groups is 1. The zero-order valence-electron chi connectivity index (χ0n) is 11.3. The highest BCUT2D eigenvalue weighted by atomic mass is 35.5. The largest absolute Gasteiger partial charge is 0.478 e. The van der Waals surface area contributed by atoms with E-state index in [-0.39, 0.29) is 10.7 Å². The minimum atomic E-state index is -1.08. The van der Waals surface area contributed by atoms with Crippen LogP contribution in [0.2, 0.25) is 5.15 Å². The van der Waals surface area contributed by atoms with Crippen LogP contribution in [-0.2, 0) is 0 Å². The van der Waals surface area contributed by atoms with E-state index in [1.54, 1.807) is 12.3 Å². The maximum atomic E-state index is 11.2. The van der Waals surface area contributed by atoms with Crippen LogP contribution in [-0.4, -0.2) is 16.1 Å². The van der Waals surface area contributed by atoms with E-state index < -0.39 is 5.97 Å². The van der Waals surface area contributed by atoms with Gasteiger partial charge in [0.15, 0.2) is 0 Å². The number of rotatable bonds is 2. The van der Waals surface area contributed by atoms with Gasteiger partial charge in [0.05, 0.1) is 5.56 Å². The minimum absolute atomic E-state index is 0.00247. The van der Waals surface area contributed by atoms with Gasteiger partial charge in [-0.2, -0.15) is 0 Å².